The molecule has 1 aromatic rings. The first kappa shape index (κ1) is 14.0. The first-order valence-corrected chi connectivity index (χ1v) is 6.62. The summed E-state index contributed by atoms with van der Waals surface area (Å²) in [7, 11) is 0. The summed E-state index contributed by atoms with van der Waals surface area (Å²) in [5.74, 6) is 0.336. The summed E-state index contributed by atoms with van der Waals surface area (Å²) >= 11 is 0. The number of rotatable bonds is 3. The maximum atomic E-state index is 10.9. The van der Waals surface area contributed by atoms with E-state index in [4.69, 9.17) is 0 Å². The van der Waals surface area contributed by atoms with Crippen LogP contribution >= 0.6 is 0 Å². The number of β-amino-alcohol motifs (C(OH)–C–C–N with tert-alkyl or cyclic N) is 1. The number of aliphatic hydroxyl groups is 1. The average Bonchev–Trinajstić information content (AvgIpc) is 2.36. The second-order valence-corrected chi connectivity index (χ2v) is 5.39. The monoisotopic (exact) mass is 264 g/mol. The molecule has 2 atom stereocenters. The Balaban J connectivity index is 2.11. The van der Waals surface area contributed by atoms with Gasteiger partial charge >= 0.3 is 0 Å². The third kappa shape index (κ3) is 3.11. The van der Waals surface area contributed by atoms with Crippen LogP contribution in [0.15, 0.2) is 18.2 Å². The molecule has 1 aliphatic rings. The quantitative estimate of drug-likeness (QED) is 0.670. The van der Waals surface area contributed by atoms with Gasteiger partial charge in [-0.05, 0) is 31.4 Å². The van der Waals surface area contributed by atoms with Crippen LogP contribution in [0.1, 0.15) is 24.5 Å². The summed E-state index contributed by atoms with van der Waals surface area (Å²) in [6.45, 7) is 6.08. The molecule has 1 N–H and O–H groups in total. The fourth-order valence-electron chi connectivity index (χ4n) is 2.54. The van der Waals surface area contributed by atoms with Crippen molar-refractivity contribution in [2.45, 2.75) is 32.9 Å². The van der Waals surface area contributed by atoms with Crippen molar-refractivity contribution in [1.29, 1.82) is 0 Å². The van der Waals surface area contributed by atoms with Gasteiger partial charge in [-0.2, -0.15) is 0 Å². The molecule has 2 unspecified atom stereocenters. The van der Waals surface area contributed by atoms with E-state index < -0.39 is 0 Å². The molecule has 1 saturated heterocycles. The molecule has 0 aliphatic carbocycles. The molecule has 5 nitrogen and oxygen atoms in total. The zero-order chi connectivity index (χ0) is 14.0. The Morgan fingerprint density at radius 2 is 2.26 bits per heavy atom. The van der Waals surface area contributed by atoms with Gasteiger partial charge in [0, 0.05) is 24.7 Å². The molecular weight excluding hydrogens is 244 g/mol. The Morgan fingerprint density at radius 1 is 1.53 bits per heavy atom. The highest BCUT2D eigenvalue weighted by Crippen LogP contribution is 2.24. The van der Waals surface area contributed by atoms with E-state index in [1.807, 2.05) is 6.07 Å². The van der Waals surface area contributed by atoms with Gasteiger partial charge in [0.15, 0.2) is 0 Å². The molecule has 0 amide bonds. The Hall–Kier alpha value is -1.46. The van der Waals surface area contributed by atoms with Gasteiger partial charge in [-0.15, -0.1) is 0 Å². The second kappa shape index (κ2) is 5.67. The van der Waals surface area contributed by atoms with Crippen LogP contribution in [-0.2, 0) is 6.54 Å². The molecule has 0 spiro atoms. The molecule has 0 bridgehead atoms. The molecule has 1 aromatic carbocycles. The molecule has 5 heteroatoms. The fraction of sp³-hybridized carbons (Fsp3) is 0.571. The minimum Gasteiger partial charge on any atom is -0.392 e. The van der Waals surface area contributed by atoms with Gasteiger partial charge in [-0.25, -0.2) is 0 Å². The molecule has 0 saturated carbocycles. The van der Waals surface area contributed by atoms with Crippen LogP contribution < -0.4 is 0 Å². The van der Waals surface area contributed by atoms with Crippen molar-refractivity contribution < 1.29 is 10.0 Å². The van der Waals surface area contributed by atoms with Crippen LogP contribution in [-0.4, -0.2) is 34.1 Å². The first-order valence-electron chi connectivity index (χ1n) is 6.62. The Bertz CT molecular complexity index is 476. The van der Waals surface area contributed by atoms with Crippen molar-refractivity contribution in [3.8, 4) is 0 Å². The van der Waals surface area contributed by atoms with E-state index in [0.717, 1.165) is 24.1 Å². The highest BCUT2D eigenvalue weighted by molar-refractivity contribution is 5.44. The number of likely N-dealkylation sites (tertiary alicyclic amines) is 1. The lowest BCUT2D eigenvalue weighted by Crippen LogP contribution is -2.42. The predicted molar refractivity (Wildman–Crippen MR) is 72.9 cm³/mol. The van der Waals surface area contributed by atoms with Gasteiger partial charge < -0.3 is 5.11 Å². The summed E-state index contributed by atoms with van der Waals surface area (Å²) in [6.07, 6.45) is 0.669. The molecule has 0 radical (unpaired) electrons. The summed E-state index contributed by atoms with van der Waals surface area (Å²) in [4.78, 5) is 12.7. The van der Waals surface area contributed by atoms with Crippen molar-refractivity contribution in [3.05, 3.63) is 39.4 Å². The van der Waals surface area contributed by atoms with Crippen LogP contribution in [0.2, 0.25) is 0 Å². The minimum absolute atomic E-state index is 0.170. The maximum absolute atomic E-state index is 10.9. The van der Waals surface area contributed by atoms with Gasteiger partial charge in [0.1, 0.15) is 0 Å². The fourth-order valence-corrected chi connectivity index (χ4v) is 2.54. The van der Waals surface area contributed by atoms with E-state index in [-0.39, 0.29) is 16.7 Å². The third-order valence-electron chi connectivity index (χ3n) is 4.01. The van der Waals surface area contributed by atoms with E-state index >= 15 is 0 Å². The molecule has 19 heavy (non-hydrogen) atoms. The summed E-state index contributed by atoms with van der Waals surface area (Å²) < 4.78 is 0. The molecule has 1 heterocycles. The Kier molecular flexibility index (Phi) is 4.17. The number of hydrogen-bond donors (Lipinski definition) is 1. The maximum Gasteiger partial charge on any atom is 0.272 e. The summed E-state index contributed by atoms with van der Waals surface area (Å²) in [5.41, 5.74) is 1.86. The van der Waals surface area contributed by atoms with Crippen LogP contribution in [0.4, 0.5) is 5.69 Å². The average molecular weight is 264 g/mol. The number of nitro benzene ring substituents is 1. The number of piperidine rings is 1. The van der Waals surface area contributed by atoms with Crippen molar-refractivity contribution in [2.75, 3.05) is 13.1 Å². The number of nitro groups is 1. The van der Waals surface area contributed by atoms with Gasteiger partial charge in [0.25, 0.3) is 5.69 Å². The SMILES string of the molecule is Cc1c(CN2CCC(C)C(O)C2)cccc1[N+](=O)[O-]. The van der Waals surface area contributed by atoms with Crippen molar-refractivity contribution in [1.82, 2.24) is 4.90 Å². The van der Waals surface area contributed by atoms with E-state index in [9.17, 15) is 15.2 Å². The van der Waals surface area contributed by atoms with E-state index in [2.05, 4.69) is 11.8 Å². The van der Waals surface area contributed by atoms with Gasteiger partial charge in [-0.3, -0.25) is 15.0 Å². The van der Waals surface area contributed by atoms with Gasteiger partial charge in [0.05, 0.1) is 11.0 Å². The third-order valence-corrected chi connectivity index (χ3v) is 4.01. The first-order chi connectivity index (χ1) is 8.99. The normalized spacial score (nSPS) is 24.4. The van der Waals surface area contributed by atoms with E-state index in [0.29, 0.717) is 19.0 Å². The number of aliphatic hydroxyl groups excluding tert-OH is 1. The minimum atomic E-state index is -0.341. The molecule has 2 rings (SSSR count). The standard InChI is InChI=1S/C14H20N2O3/c1-10-6-7-15(9-14(10)17)8-12-4-3-5-13(11(12)2)16(18)19/h3-5,10,14,17H,6-9H2,1-2H3. The molecule has 1 aliphatic heterocycles. The summed E-state index contributed by atoms with van der Waals surface area (Å²) in [6, 6.07) is 5.18. The van der Waals surface area contributed by atoms with Crippen molar-refractivity contribution >= 4 is 5.69 Å². The van der Waals surface area contributed by atoms with Crippen LogP contribution in [0.3, 0.4) is 0 Å². The second-order valence-electron chi connectivity index (χ2n) is 5.39. The zero-order valence-electron chi connectivity index (χ0n) is 11.4. The topological polar surface area (TPSA) is 66.6 Å². The van der Waals surface area contributed by atoms with Crippen molar-refractivity contribution in [3.63, 3.8) is 0 Å². The molecule has 104 valence electrons. The predicted octanol–water partition coefficient (Wildman–Crippen LogP) is 2.11. The lowest BCUT2D eigenvalue weighted by atomic mass is 9.95. The van der Waals surface area contributed by atoms with E-state index in [1.54, 1.807) is 13.0 Å². The van der Waals surface area contributed by atoms with Crippen LogP contribution in [0.5, 0.6) is 0 Å². The lowest BCUT2D eigenvalue weighted by molar-refractivity contribution is -0.385. The highest BCUT2D eigenvalue weighted by Gasteiger charge is 2.25. The van der Waals surface area contributed by atoms with Crippen LogP contribution in [0.25, 0.3) is 0 Å². The Labute approximate surface area is 113 Å². The molecule has 0 aromatic heterocycles. The van der Waals surface area contributed by atoms with Crippen LogP contribution in [0, 0.1) is 23.0 Å². The number of nitrogens with zero attached hydrogens (tertiary/aromatic N) is 2. The van der Waals surface area contributed by atoms with Gasteiger partial charge in [-0.1, -0.05) is 19.1 Å². The molecular formula is C14H20N2O3. The zero-order valence-corrected chi connectivity index (χ0v) is 11.4. The smallest absolute Gasteiger partial charge is 0.272 e. The number of benzene rings is 1. The van der Waals surface area contributed by atoms with Crippen molar-refractivity contribution in [2.24, 2.45) is 5.92 Å². The molecule has 1 fully saturated rings. The lowest BCUT2D eigenvalue weighted by Gasteiger charge is -2.34. The summed E-state index contributed by atoms with van der Waals surface area (Å²) in [5, 5.41) is 20.8. The number of hydrogen-bond acceptors (Lipinski definition) is 4. The Morgan fingerprint density at radius 3 is 2.89 bits per heavy atom. The highest BCUT2D eigenvalue weighted by atomic mass is 16.6. The largest absolute Gasteiger partial charge is 0.392 e. The van der Waals surface area contributed by atoms with E-state index in [1.165, 1.54) is 6.07 Å². The van der Waals surface area contributed by atoms with Gasteiger partial charge in [0.2, 0.25) is 0 Å².